The Morgan fingerprint density at radius 2 is 2.21 bits per heavy atom. The predicted molar refractivity (Wildman–Crippen MR) is 88.5 cm³/mol. The molecular weight excluding hydrogens is 310 g/mol. The number of hydrogen-bond acceptors (Lipinski definition) is 4. The lowest BCUT2D eigenvalue weighted by molar-refractivity contribution is -0.128. The van der Waals surface area contributed by atoms with Crippen LogP contribution in [-0.2, 0) is 27.5 Å². The molecule has 2 N–H and O–H groups in total. The van der Waals surface area contributed by atoms with Crippen molar-refractivity contribution in [1.29, 1.82) is 0 Å². The zero-order valence-corrected chi connectivity index (χ0v) is 13.8. The van der Waals surface area contributed by atoms with Crippen LogP contribution in [0.3, 0.4) is 0 Å². The second-order valence-corrected chi connectivity index (χ2v) is 6.21. The van der Waals surface area contributed by atoms with Gasteiger partial charge in [-0.25, -0.2) is 4.79 Å². The van der Waals surface area contributed by atoms with Crippen LogP contribution in [-0.4, -0.2) is 50.2 Å². The van der Waals surface area contributed by atoms with Crippen molar-refractivity contribution in [3.63, 3.8) is 0 Å². The van der Waals surface area contributed by atoms with E-state index in [2.05, 4.69) is 10.6 Å². The van der Waals surface area contributed by atoms with E-state index in [-0.39, 0.29) is 17.9 Å². The average Bonchev–Trinajstić information content (AvgIpc) is 3.17. The highest BCUT2D eigenvalue weighted by Crippen LogP contribution is 2.23. The maximum Gasteiger partial charge on any atom is 0.319 e. The molecule has 3 amide bonds. The average molecular weight is 333 g/mol. The molecule has 2 heterocycles. The van der Waals surface area contributed by atoms with Crippen molar-refractivity contribution in [2.75, 3.05) is 38.7 Å². The molecule has 7 heteroatoms. The quantitative estimate of drug-likeness (QED) is 0.823. The molecule has 2 aliphatic heterocycles. The fourth-order valence-electron chi connectivity index (χ4n) is 3.07. The van der Waals surface area contributed by atoms with E-state index in [0.717, 1.165) is 11.3 Å². The Kier molecular flexibility index (Phi) is 5.32. The van der Waals surface area contributed by atoms with Gasteiger partial charge in [-0.15, -0.1) is 0 Å². The highest BCUT2D eigenvalue weighted by molar-refractivity contribution is 5.89. The molecule has 0 bridgehead atoms. The Bertz CT molecular complexity index is 620. The number of urea groups is 1. The summed E-state index contributed by atoms with van der Waals surface area (Å²) in [5.74, 6) is 0.270. The summed E-state index contributed by atoms with van der Waals surface area (Å²) in [6, 6.07) is 5.53. The predicted octanol–water partition coefficient (Wildman–Crippen LogP) is 1.33. The first kappa shape index (κ1) is 16.7. The Hall–Kier alpha value is -2.12. The van der Waals surface area contributed by atoms with E-state index in [4.69, 9.17) is 9.47 Å². The normalized spacial score (nSPS) is 19.5. The molecule has 0 radical (unpaired) electrons. The maximum absolute atomic E-state index is 12.0. The minimum absolute atomic E-state index is 0.123. The number of carbonyl (C=O) groups is 2. The number of rotatable bonds is 6. The SMILES string of the molecule is COCCN1C[C@@H](CNC(=O)Nc2ccc3c(c2)COC3)CC1=O. The molecule has 2 aliphatic rings. The first-order chi connectivity index (χ1) is 11.7. The van der Waals surface area contributed by atoms with Crippen LogP contribution in [0.5, 0.6) is 0 Å². The lowest BCUT2D eigenvalue weighted by Gasteiger charge is -2.16. The van der Waals surface area contributed by atoms with Gasteiger partial charge >= 0.3 is 6.03 Å². The number of methoxy groups -OCH3 is 1. The minimum Gasteiger partial charge on any atom is -0.383 e. The van der Waals surface area contributed by atoms with Crippen molar-refractivity contribution in [3.8, 4) is 0 Å². The van der Waals surface area contributed by atoms with Gasteiger partial charge in [0.25, 0.3) is 0 Å². The first-order valence-electron chi connectivity index (χ1n) is 8.17. The van der Waals surface area contributed by atoms with Crippen LogP contribution in [0.2, 0.25) is 0 Å². The summed E-state index contributed by atoms with van der Waals surface area (Å²) in [7, 11) is 1.62. The van der Waals surface area contributed by atoms with Gasteiger partial charge in [0.05, 0.1) is 19.8 Å². The molecule has 1 atom stereocenters. The monoisotopic (exact) mass is 333 g/mol. The minimum atomic E-state index is -0.253. The van der Waals surface area contributed by atoms with Crippen LogP contribution >= 0.6 is 0 Å². The number of ether oxygens (including phenoxy) is 2. The second kappa shape index (κ2) is 7.63. The van der Waals surface area contributed by atoms with Gasteiger partial charge in [0.2, 0.25) is 5.91 Å². The zero-order valence-electron chi connectivity index (χ0n) is 13.8. The van der Waals surface area contributed by atoms with Crippen molar-refractivity contribution in [2.45, 2.75) is 19.6 Å². The summed E-state index contributed by atoms with van der Waals surface area (Å²) in [4.78, 5) is 25.7. The van der Waals surface area contributed by atoms with Crippen molar-refractivity contribution >= 4 is 17.6 Å². The molecule has 7 nitrogen and oxygen atoms in total. The molecule has 1 saturated heterocycles. The summed E-state index contributed by atoms with van der Waals surface area (Å²) in [6.45, 7) is 3.52. The van der Waals surface area contributed by atoms with Gasteiger partial charge in [0.15, 0.2) is 0 Å². The number of likely N-dealkylation sites (tertiary alicyclic amines) is 1. The number of benzene rings is 1. The van der Waals surface area contributed by atoms with E-state index >= 15 is 0 Å². The van der Waals surface area contributed by atoms with Crippen LogP contribution in [0.15, 0.2) is 18.2 Å². The molecule has 24 heavy (non-hydrogen) atoms. The van der Waals surface area contributed by atoms with Crippen molar-refractivity contribution < 1.29 is 19.1 Å². The van der Waals surface area contributed by atoms with Crippen molar-refractivity contribution in [3.05, 3.63) is 29.3 Å². The molecule has 130 valence electrons. The molecule has 1 fully saturated rings. The lowest BCUT2D eigenvalue weighted by Crippen LogP contribution is -2.34. The van der Waals surface area contributed by atoms with Crippen molar-refractivity contribution in [2.24, 2.45) is 5.92 Å². The molecule has 1 aromatic rings. The third kappa shape index (κ3) is 4.04. The molecule has 0 aliphatic carbocycles. The number of nitrogens with one attached hydrogen (secondary N) is 2. The van der Waals surface area contributed by atoms with E-state index < -0.39 is 0 Å². The molecule has 1 aromatic carbocycles. The standard InChI is InChI=1S/C17H23N3O4/c1-23-5-4-20-9-12(6-16(20)21)8-18-17(22)19-15-3-2-13-10-24-11-14(13)7-15/h2-3,7,12H,4-6,8-11H2,1H3,(H2,18,19,22)/t12-/m1/s1. The van der Waals surface area contributed by atoms with E-state index in [1.54, 1.807) is 12.0 Å². The summed E-state index contributed by atoms with van der Waals surface area (Å²) in [6.07, 6.45) is 0.472. The van der Waals surface area contributed by atoms with E-state index in [1.165, 1.54) is 5.56 Å². The molecule has 3 rings (SSSR count). The summed E-state index contributed by atoms with van der Waals surface area (Å²) in [5.41, 5.74) is 3.03. The first-order valence-corrected chi connectivity index (χ1v) is 8.17. The smallest absolute Gasteiger partial charge is 0.319 e. The van der Waals surface area contributed by atoms with E-state index in [9.17, 15) is 9.59 Å². The summed E-state index contributed by atoms with van der Waals surface area (Å²) < 4.78 is 10.4. The summed E-state index contributed by atoms with van der Waals surface area (Å²) in [5, 5.41) is 5.67. The largest absolute Gasteiger partial charge is 0.383 e. The van der Waals surface area contributed by atoms with Gasteiger partial charge in [-0.05, 0) is 23.3 Å². The third-order valence-corrected chi connectivity index (χ3v) is 4.39. The molecule has 0 saturated carbocycles. The van der Waals surface area contributed by atoms with Crippen molar-refractivity contribution in [1.82, 2.24) is 10.2 Å². The number of anilines is 1. The van der Waals surface area contributed by atoms with Gasteiger partial charge in [0.1, 0.15) is 0 Å². The van der Waals surface area contributed by atoms with E-state index in [0.29, 0.717) is 45.9 Å². The zero-order chi connectivity index (χ0) is 16.9. The van der Waals surface area contributed by atoms with Crippen LogP contribution in [0, 0.1) is 5.92 Å². The van der Waals surface area contributed by atoms with Gasteiger partial charge < -0.3 is 25.0 Å². The Labute approximate surface area is 141 Å². The van der Waals surface area contributed by atoms with Gasteiger partial charge in [-0.3, -0.25) is 4.79 Å². The Balaban J connectivity index is 1.44. The van der Waals surface area contributed by atoms with Crippen LogP contribution < -0.4 is 10.6 Å². The Morgan fingerprint density at radius 3 is 3.04 bits per heavy atom. The number of fused-ring (bicyclic) bond motifs is 1. The number of hydrogen-bond donors (Lipinski definition) is 2. The molecule has 0 unspecified atom stereocenters. The number of nitrogens with zero attached hydrogens (tertiary/aromatic N) is 1. The molecular formula is C17H23N3O4. The highest BCUT2D eigenvalue weighted by Gasteiger charge is 2.29. The number of carbonyl (C=O) groups excluding carboxylic acids is 2. The summed E-state index contributed by atoms with van der Waals surface area (Å²) >= 11 is 0. The topological polar surface area (TPSA) is 79.9 Å². The Morgan fingerprint density at radius 1 is 1.38 bits per heavy atom. The van der Waals surface area contributed by atoms with Gasteiger partial charge in [0, 0.05) is 44.8 Å². The van der Waals surface area contributed by atoms with Gasteiger partial charge in [-0.2, -0.15) is 0 Å². The van der Waals surface area contributed by atoms with Crippen LogP contribution in [0.25, 0.3) is 0 Å². The van der Waals surface area contributed by atoms with E-state index in [1.807, 2.05) is 18.2 Å². The van der Waals surface area contributed by atoms with Crippen LogP contribution in [0.4, 0.5) is 10.5 Å². The fourth-order valence-corrected chi connectivity index (χ4v) is 3.07. The maximum atomic E-state index is 12.0. The number of amides is 3. The third-order valence-electron chi connectivity index (χ3n) is 4.39. The van der Waals surface area contributed by atoms with Gasteiger partial charge in [-0.1, -0.05) is 6.07 Å². The lowest BCUT2D eigenvalue weighted by atomic mass is 10.1. The molecule has 0 spiro atoms. The second-order valence-electron chi connectivity index (χ2n) is 6.21. The highest BCUT2D eigenvalue weighted by atomic mass is 16.5. The van der Waals surface area contributed by atoms with Crippen LogP contribution in [0.1, 0.15) is 17.5 Å². The fraction of sp³-hybridized carbons (Fsp3) is 0.529. The molecule has 0 aromatic heterocycles.